The van der Waals surface area contributed by atoms with Gasteiger partial charge >= 0.3 is 5.97 Å². The van der Waals surface area contributed by atoms with Gasteiger partial charge in [0.2, 0.25) is 5.91 Å². The Hall–Kier alpha value is -3.48. The van der Waals surface area contributed by atoms with E-state index in [4.69, 9.17) is 4.74 Å². The van der Waals surface area contributed by atoms with Gasteiger partial charge in [0.25, 0.3) is 0 Å². The van der Waals surface area contributed by atoms with E-state index in [0.717, 1.165) is 83.5 Å². The lowest BCUT2D eigenvalue weighted by Crippen LogP contribution is -2.46. The van der Waals surface area contributed by atoms with Crippen molar-refractivity contribution >= 4 is 11.9 Å². The molecule has 1 amide bonds. The minimum atomic E-state index is -0.817. The van der Waals surface area contributed by atoms with Gasteiger partial charge in [-0.15, -0.1) is 0 Å². The van der Waals surface area contributed by atoms with E-state index in [2.05, 4.69) is 86.8 Å². The molecule has 0 radical (unpaired) electrons. The molecule has 352 valence electrons. The number of hydrogen-bond acceptors (Lipinski definition) is 5. The molecule has 0 aliphatic carbocycles. The van der Waals surface area contributed by atoms with Crippen LogP contribution >= 0.6 is 0 Å². The summed E-state index contributed by atoms with van der Waals surface area (Å²) < 4.78 is 5.88. The fourth-order valence-electron chi connectivity index (χ4n) is 7.00. The predicted octanol–water partition coefficient (Wildman–Crippen LogP) is 15.1. The molecule has 0 aromatic rings. The highest BCUT2D eigenvalue weighted by molar-refractivity contribution is 5.77. The fourth-order valence-corrected chi connectivity index (χ4v) is 7.00. The van der Waals surface area contributed by atoms with E-state index >= 15 is 0 Å². The standard InChI is InChI=1S/C56H93NO5/c1-4-7-10-13-16-19-22-25-26-27-28-29-31-34-37-40-43-46-49-56(61)62-52(47-44-41-38-35-32-30-23-20-17-14-11-8-5-2)50-55(60)57-53(51-58)54(59)48-45-42-39-36-33-24-21-18-15-12-9-6-3/h8,11,14,16-17,19-20,22-23,25-30,32,35,38,52-54,58-59H,4-7,9-10,12-13,15,18,21,24,31,33-34,36-37,39-51H2,1-3H3,(H,57,60)/b11-8+,17-14+,19-16+,23-20-,25-22+,27-26+,29-28+,32-30-,38-35+. The van der Waals surface area contributed by atoms with Crippen molar-refractivity contribution in [3.05, 3.63) is 109 Å². The lowest BCUT2D eigenvalue weighted by molar-refractivity contribution is -0.151. The number of aliphatic hydroxyl groups excluding tert-OH is 2. The number of carbonyl (C=O) groups excluding carboxylic acids is 2. The van der Waals surface area contributed by atoms with Crippen molar-refractivity contribution in [2.75, 3.05) is 6.61 Å². The number of unbranched alkanes of at least 4 members (excludes halogenated alkanes) is 20. The zero-order valence-electron chi connectivity index (χ0n) is 40.0. The first-order chi connectivity index (χ1) is 30.5. The number of nitrogens with one attached hydrogen (secondary N) is 1. The van der Waals surface area contributed by atoms with Crippen LogP contribution in [0.3, 0.4) is 0 Å². The molecule has 3 atom stereocenters. The molecular weight excluding hydrogens is 767 g/mol. The molecule has 0 aromatic heterocycles. The summed E-state index contributed by atoms with van der Waals surface area (Å²) in [5.41, 5.74) is 0. The number of aliphatic hydroxyl groups is 2. The van der Waals surface area contributed by atoms with Gasteiger partial charge in [-0.25, -0.2) is 0 Å². The van der Waals surface area contributed by atoms with Crippen molar-refractivity contribution in [2.24, 2.45) is 0 Å². The Bertz CT molecular complexity index is 1280. The van der Waals surface area contributed by atoms with Crippen molar-refractivity contribution in [3.8, 4) is 0 Å². The minimum absolute atomic E-state index is 0.0120. The van der Waals surface area contributed by atoms with Crippen LogP contribution < -0.4 is 5.32 Å². The average Bonchev–Trinajstić information content (AvgIpc) is 3.26. The van der Waals surface area contributed by atoms with Gasteiger partial charge in [-0.05, 0) is 64.2 Å². The molecule has 0 bridgehead atoms. The maximum Gasteiger partial charge on any atom is 0.306 e. The van der Waals surface area contributed by atoms with Crippen molar-refractivity contribution in [3.63, 3.8) is 0 Å². The third-order valence-corrected chi connectivity index (χ3v) is 10.8. The Labute approximate surface area is 381 Å². The van der Waals surface area contributed by atoms with Gasteiger partial charge in [-0.3, -0.25) is 9.59 Å². The lowest BCUT2D eigenvalue weighted by Gasteiger charge is -2.24. The van der Waals surface area contributed by atoms with E-state index in [1.165, 1.54) is 77.0 Å². The third-order valence-electron chi connectivity index (χ3n) is 10.8. The van der Waals surface area contributed by atoms with Crippen LogP contribution in [0.1, 0.15) is 207 Å². The number of carbonyl (C=O) groups is 2. The molecule has 62 heavy (non-hydrogen) atoms. The summed E-state index contributed by atoms with van der Waals surface area (Å²) in [7, 11) is 0. The summed E-state index contributed by atoms with van der Waals surface area (Å²) in [4.78, 5) is 26.1. The predicted molar refractivity (Wildman–Crippen MR) is 268 cm³/mol. The van der Waals surface area contributed by atoms with Gasteiger partial charge in [0.15, 0.2) is 0 Å². The number of rotatable bonds is 43. The summed E-state index contributed by atoms with van der Waals surface area (Å²) in [5.74, 6) is -0.583. The Balaban J connectivity index is 4.75. The molecule has 0 saturated carbocycles. The molecule has 6 nitrogen and oxygen atoms in total. The van der Waals surface area contributed by atoms with Gasteiger partial charge in [0.1, 0.15) is 6.10 Å². The van der Waals surface area contributed by atoms with Crippen LogP contribution in [0, 0.1) is 0 Å². The zero-order valence-corrected chi connectivity index (χ0v) is 40.0. The van der Waals surface area contributed by atoms with Gasteiger partial charge in [0, 0.05) is 6.42 Å². The molecule has 3 N–H and O–H groups in total. The quantitative estimate of drug-likeness (QED) is 0.0322. The Morgan fingerprint density at radius 3 is 1.39 bits per heavy atom. The molecule has 0 fully saturated rings. The first kappa shape index (κ1) is 58.5. The second-order valence-corrected chi connectivity index (χ2v) is 16.7. The number of esters is 1. The third kappa shape index (κ3) is 43.2. The van der Waals surface area contributed by atoms with E-state index in [1.54, 1.807) is 0 Å². The molecule has 0 spiro atoms. The first-order valence-corrected chi connectivity index (χ1v) is 25.2. The monoisotopic (exact) mass is 860 g/mol. The van der Waals surface area contributed by atoms with Gasteiger partial charge in [0.05, 0.1) is 25.2 Å². The normalized spacial score (nSPS) is 14.2. The van der Waals surface area contributed by atoms with Crippen LogP contribution in [-0.2, 0) is 14.3 Å². The van der Waals surface area contributed by atoms with Crippen LogP contribution in [0.5, 0.6) is 0 Å². The fraction of sp³-hybridized carbons (Fsp3) is 0.643. The molecule has 0 saturated heterocycles. The van der Waals surface area contributed by atoms with E-state index in [1.807, 2.05) is 48.6 Å². The average molecular weight is 860 g/mol. The van der Waals surface area contributed by atoms with Gasteiger partial charge in [-0.2, -0.15) is 0 Å². The first-order valence-electron chi connectivity index (χ1n) is 25.2. The zero-order chi connectivity index (χ0) is 45.2. The van der Waals surface area contributed by atoms with E-state index < -0.39 is 18.2 Å². The summed E-state index contributed by atoms with van der Waals surface area (Å²) >= 11 is 0. The van der Waals surface area contributed by atoms with Crippen LogP contribution in [0.2, 0.25) is 0 Å². The summed E-state index contributed by atoms with van der Waals surface area (Å²) in [6.07, 6.45) is 65.7. The second kappa shape index (κ2) is 48.6. The lowest BCUT2D eigenvalue weighted by atomic mass is 10.0. The maximum absolute atomic E-state index is 13.2. The number of amides is 1. The molecule has 0 rings (SSSR count). The molecule has 0 aliphatic rings. The maximum atomic E-state index is 13.2. The molecule has 0 heterocycles. The second-order valence-electron chi connectivity index (χ2n) is 16.7. The summed E-state index contributed by atoms with van der Waals surface area (Å²) in [6.45, 7) is 6.26. The highest BCUT2D eigenvalue weighted by Crippen LogP contribution is 2.16. The number of ether oxygens (including phenoxy) is 1. The van der Waals surface area contributed by atoms with Crippen LogP contribution in [0.15, 0.2) is 109 Å². The number of hydrogen-bond donors (Lipinski definition) is 3. The summed E-state index contributed by atoms with van der Waals surface area (Å²) in [6, 6.07) is -0.736. The molecule has 3 unspecified atom stereocenters. The van der Waals surface area contributed by atoms with Crippen molar-refractivity contribution in [2.45, 2.75) is 225 Å². The Kier molecular flexibility index (Phi) is 45.8. The van der Waals surface area contributed by atoms with Crippen molar-refractivity contribution in [1.29, 1.82) is 0 Å². The smallest absolute Gasteiger partial charge is 0.306 e. The van der Waals surface area contributed by atoms with E-state index in [9.17, 15) is 19.8 Å². The highest BCUT2D eigenvalue weighted by Gasteiger charge is 2.24. The summed E-state index contributed by atoms with van der Waals surface area (Å²) in [5, 5.41) is 23.7. The molecule has 0 aromatic carbocycles. The Morgan fingerprint density at radius 2 is 0.887 bits per heavy atom. The van der Waals surface area contributed by atoms with Crippen LogP contribution in [-0.4, -0.2) is 46.9 Å². The van der Waals surface area contributed by atoms with Crippen molar-refractivity contribution in [1.82, 2.24) is 5.32 Å². The topological polar surface area (TPSA) is 95.9 Å². The van der Waals surface area contributed by atoms with Crippen molar-refractivity contribution < 1.29 is 24.5 Å². The number of allylic oxidation sites excluding steroid dienone is 18. The van der Waals surface area contributed by atoms with E-state index in [0.29, 0.717) is 19.3 Å². The van der Waals surface area contributed by atoms with Crippen LogP contribution in [0.4, 0.5) is 0 Å². The SMILES string of the molecule is CC/C=C/C=C/C=C\C=C/C=C/CCCC(CC(=O)NC(CO)C(O)CCCCCCCCCCCCCC)OC(=O)CCCCCCC/C=C/C=C/C=C/C=C/CCCCC. The Morgan fingerprint density at radius 1 is 0.484 bits per heavy atom. The largest absolute Gasteiger partial charge is 0.462 e. The van der Waals surface area contributed by atoms with Gasteiger partial charge < -0.3 is 20.3 Å². The highest BCUT2D eigenvalue weighted by atomic mass is 16.5. The van der Waals surface area contributed by atoms with E-state index in [-0.39, 0.29) is 24.9 Å². The molecule has 6 heteroatoms. The molecular formula is C56H93NO5. The molecule has 0 aliphatic heterocycles. The minimum Gasteiger partial charge on any atom is -0.462 e. The van der Waals surface area contributed by atoms with Gasteiger partial charge in [-0.1, -0.05) is 239 Å². The van der Waals surface area contributed by atoms with Crippen LogP contribution in [0.25, 0.3) is 0 Å².